The molecular formula is C13H16O4. The zero-order chi connectivity index (χ0) is 11.9. The molecule has 0 radical (unpaired) electrons. The van der Waals surface area contributed by atoms with Crippen LogP contribution in [0.1, 0.15) is 24.0 Å². The van der Waals surface area contributed by atoms with Gasteiger partial charge in [0.15, 0.2) is 6.29 Å². The van der Waals surface area contributed by atoms with Crippen molar-refractivity contribution in [2.45, 2.75) is 37.4 Å². The van der Waals surface area contributed by atoms with Crippen molar-refractivity contribution in [3.63, 3.8) is 0 Å². The van der Waals surface area contributed by atoms with Gasteiger partial charge in [-0.3, -0.25) is 0 Å². The first-order valence-corrected chi connectivity index (χ1v) is 5.90. The number of hydrogen-bond acceptors (Lipinski definition) is 4. The third-order valence-electron chi connectivity index (χ3n) is 3.52. The molecule has 4 nitrogen and oxygen atoms in total. The second-order valence-corrected chi connectivity index (χ2v) is 4.80. The van der Waals surface area contributed by atoms with Crippen LogP contribution in [0.3, 0.4) is 0 Å². The molecular weight excluding hydrogens is 220 g/mol. The van der Waals surface area contributed by atoms with Gasteiger partial charge in [0, 0.05) is 12.8 Å². The van der Waals surface area contributed by atoms with E-state index in [1.54, 1.807) is 0 Å². The quantitative estimate of drug-likeness (QED) is 0.801. The topological polar surface area (TPSA) is 58.9 Å². The zero-order valence-corrected chi connectivity index (χ0v) is 9.50. The molecule has 0 spiro atoms. The van der Waals surface area contributed by atoms with Crippen LogP contribution < -0.4 is 0 Å². The lowest BCUT2D eigenvalue weighted by molar-refractivity contribution is -0.156. The Hall–Kier alpha value is -0.940. The summed E-state index contributed by atoms with van der Waals surface area (Å²) in [5, 5.41) is 19.0. The van der Waals surface area contributed by atoms with Gasteiger partial charge in [0.25, 0.3) is 0 Å². The van der Waals surface area contributed by atoms with Crippen LogP contribution in [0.25, 0.3) is 0 Å². The highest BCUT2D eigenvalue weighted by Gasteiger charge is 2.48. The Morgan fingerprint density at radius 3 is 3.12 bits per heavy atom. The van der Waals surface area contributed by atoms with Gasteiger partial charge in [0.2, 0.25) is 0 Å². The van der Waals surface area contributed by atoms with Crippen LogP contribution in [0.5, 0.6) is 0 Å². The van der Waals surface area contributed by atoms with E-state index in [4.69, 9.17) is 14.6 Å². The van der Waals surface area contributed by atoms with Crippen molar-refractivity contribution in [2.75, 3.05) is 6.61 Å². The van der Waals surface area contributed by atoms with E-state index >= 15 is 0 Å². The molecule has 2 aliphatic rings. The van der Waals surface area contributed by atoms with Gasteiger partial charge < -0.3 is 19.7 Å². The first-order chi connectivity index (χ1) is 8.22. The fourth-order valence-electron chi connectivity index (χ4n) is 2.68. The normalized spacial score (nSPS) is 36.1. The number of fused-ring (bicyclic) bond motifs is 2. The van der Waals surface area contributed by atoms with Gasteiger partial charge in [-0.05, 0) is 11.1 Å². The molecule has 2 saturated heterocycles. The van der Waals surface area contributed by atoms with Gasteiger partial charge in [-0.1, -0.05) is 24.3 Å². The predicted octanol–water partition coefficient (Wildman–Crippen LogP) is 0.902. The summed E-state index contributed by atoms with van der Waals surface area (Å²) in [6.07, 6.45) is 0.422. The van der Waals surface area contributed by atoms with Crippen LogP contribution in [0.15, 0.2) is 24.3 Å². The van der Waals surface area contributed by atoms with Crippen molar-refractivity contribution in [1.29, 1.82) is 0 Å². The lowest BCUT2D eigenvalue weighted by atomic mass is 9.86. The summed E-state index contributed by atoms with van der Waals surface area (Å²) in [7, 11) is 0. The van der Waals surface area contributed by atoms with E-state index in [1.165, 1.54) is 0 Å². The first kappa shape index (κ1) is 11.2. The van der Waals surface area contributed by atoms with E-state index < -0.39 is 5.60 Å². The fourth-order valence-corrected chi connectivity index (χ4v) is 2.68. The fraction of sp³-hybridized carbons (Fsp3) is 0.538. The third-order valence-corrected chi connectivity index (χ3v) is 3.52. The number of ether oxygens (including phenoxy) is 2. The molecule has 2 bridgehead atoms. The van der Waals surface area contributed by atoms with E-state index in [2.05, 4.69) is 0 Å². The van der Waals surface area contributed by atoms with E-state index in [0.29, 0.717) is 19.4 Å². The Balaban J connectivity index is 1.96. The number of rotatable bonds is 2. The van der Waals surface area contributed by atoms with Crippen LogP contribution in [-0.4, -0.2) is 29.2 Å². The van der Waals surface area contributed by atoms with Gasteiger partial charge in [-0.2, -0.15) is 0 Å². The maximum Gasteiger partial charge on any atom is 0.161 e. The van der Waals surface area contributed by atoms with Gasteiger partial charge in [-0.15, -0.1) is 0 Å². The minimum atomic E-state index is -0.534. The Kier molecular flexibility index (Phi) is 2.67. The van der Waals surface area contributed by atoms with E-state index in [1.807, 2.05) is 24.3 Å². The van der Waals surface area contributed by atoms with Crippen molar-refractivity contribution < 1.29 is 19.7 Å². The molecule has 3 atom stereocenters. The first-order valence-electron chi connectivity index (χ1n) is 5.90. The van der Waals surface area contributed by atoms with Crippen LogP contribution in [0, 0.1) is 0 Å². The minimum absolute atomic E-state index is 0.0107. The third kappa shape index (κ3) is 1.87. The van der Waals surface area contributed by atoms with Crippen LogP contribution in [0.4, 0.5) is 0 Å². The lowest BCUT2D eigenvalue weighted by Gasteiger charge is -2.34. The molecule has 17 heavy (non-hydrogen) atoms. The molecule has 4 heteroatoms. The summed E-state index contributed by atoms with van der Waals surface area (Å²) in [6, 6.07) is 7.65. The minimum Gasteiger partial charge on any atom is -0.393 e. The smallest absolute Gasteiger partial charge is 0.161 e. The largest absolute Gasteiger partial charge is 0.393 e. The molecule has 3 rings (SSSR count). The van der Waals surface area contributed by atoms with Crippen LogP contribution in [0.2, 0.25) is 0 Å². The molecule has 2 N–H and O–H groups in total. The predicted molar refractivity (Wildman–Crippen MR) is 60.1 cm³/mol. The summed E-state index contributed by atoms with van der Waals surface area (Å²) < 4.78 is 11.4. The Bertz CT molecular complexity index is 420. The van der Waals surface area contributed by atoms with Crippen molar-refractivity contribution in [2.24, 2.45) is 0 Å². The molecule has 2 fully saturated rings. The summed E-state index contributed by atoms with van der Waals surface area (Å²) in [6.45, 7) is 0.486. The molecule has 1 aromatic rings. The molecule has 0 amide bonds. The van der Waals surface area contributed by atoms with Gasteiger partial charge >= 0.3 is 0 Å². The molecule has 2 heterocycles. The molecule has 0 saturated carbocycles. The monoisotopic (exact) mass is 236 g/mol. The lowest BCUT2D eigenvalue weighted by Crippen LogP contribution is -2.38. The summed E-state index contributed by atoms with van der Waals surface area (Å²) in [5.41, 5.74) is 1.29. The Morgan fingerprint density at radius 2 is 2.29 bits per heavy atom. The number of hydrogen-bond donors (Lipinski definition) is 2. The van der Waals surface area contributed by atoms with E-state index in [0.717, 1.165) is 11.1 Å². The van der Waals surface area contributed by atoms with Gasteiger partial charge in [0.1, 0.15) is 5.60 Å². The van der Waals surface area contributed by atoms with Gasteiger partial charge in [0.05, 0.1) is 19.3 Å². The summed E-state index contributed by atoms with van der Waals surface area (Å²) in [4.78, 5) is 0. The SMILES string of the molecule is OCc1cccc(C23COC(C[C@@H](O)C2)O3)c1. The second kappa shape index (κ2) is 4.07. The second-order valence-electron chi connectivity index (χ2n) is 4.80. The zero-order valence-electron chi connectivity index (χ0n) is 9.50. The van der Waals surface area contributed by atoms with Crippen LogP contribution >= 0.6 is 0 Å². The molecule has 2 aliphatic heterocycles. The van der Waals surface area contributed by atoms with Crippen molar-refractivity contribution in [3.05, 3.63) is 35.4 Å². The van der Waals surface area contributed by atoms with Crippen molar-refractivity contribution >= 4 is 0 Å². The molecule has 2 unspecified atom stereocenters. The number of benzene rings is 1. The van der Waals surface area contributed by atoms with Crippen molar-refractivity contribution in [3.8, 4) is 0 Å². The molecule has 92 valence electrons. The molecule has 0 aliphatic carbocycles. The highest BCUT2D eigenvalue weighted by Crippen LogP contribution is 2.43. The standard InChI is InChI=1S/C13H16O4/c14-7-9-2-1-3-10(4-9)13-6-11(15)5-12(17-13)16-8-13/h1-4,11-12,14-15H,5-8H2/t11-,12?,13?/m1/s1. The van der Waals surface area contributed by atoms with Gasteiger partial charge in [-0.25, -0.2) is 0 Å². The number of aliphatic hydroxyl groups excluding tert-OH is 2. The molecule has 1 aromatic carbocycles. The maximum absolute atomic E-state index is 9.83. The van der Waals surface area contributed by atoms with E-state index in [9.17, 15) is 5.11 Å². The highest BCUT2D eigenvalue weighted by molar-refractivity contribution is 5.29. The Labute approximate surface area is 99.8 Å². The molecule has 0 aromatic heterocycles. The summed E-state index contributed by atoms with van der Waals surface area (Å²) >= 11 is 0. The average Bonchev–Trinajstić information content (AvgIpc) is 2.66. The summed E-state index contributed by atoms with van der Waals surface area (Å²) in [5.74, 6) is 0. The maximum atomic E-state index is 9.83. The Morgan fingerprint density at radius 1 is 1.41 bits per heavy atom. The van der Waals surface area contributed by atoms with E-state index in [-0.39, 0.29) is 19.0 Å². The number of aliphatic hydroxyl groups is 2. The van der Waals surface area contributed by atoms with Crippen LogP contribution in [-0.2, 0) is 21.7 Å². The average molecular weight is 236 g/mol. The highest BCUT2D eigenvalue weighted by atomic mass is 16.7. The van der Waals surface area contributed by atoms with Crippen molar-refractivity contribution in [1.82, 2.24) is 0 Å².